The SMILES string of the molecule is Cc1cc(C)cc(C2(C(=O)NCCN(C)c3ccccc3)CC2)c1. The van der Waals surface area contributed by atoms with Gasteiger partial charge in [-0.1, -0.05) is 47.5 Å². The number of aryl methyl sites for hydroxylation is 2. The Bertz CT molecular complexity index is 700. The van der Waals surface area contributed by atoms with Gasteiger partial charge < -0.3 is 10.2 Å². The monoisotopic (exact) mass is 322 g/mol. The first-order chi connectivity index (χ1) is 11.5. The Labute approximate surface area is 144 Å². The lowest BCUT2D eigenvalue weighted by Gasteiger charge is -2.21. The van der Waals surface area contributed by atoms with Crippen molar-refractivity contribution in [2.24, 2.45) is 0 Å². The van der Waals surface area contributed by atoms with Crippen LogP contribution in [0.15, 0.2) is 48.5 Å². The molecule has 1 fully saturated rings. The van der Waals surface area contributed by atoms with Gasteiger partial charge in [0, 0.05) is 25.8 Å². The topological polar surface area (TPSA) is 32.3 Å². The molecule has 1 amide bonds. The van der Waals surface area contributed by atoms with E-state index >= 15 is 0 Å². The minimum absolute atomic E-state index is 0.175. The maximum atomic E-state index is 12.7. The highest BCUT2D eigenvalue weighted by molar-refractivity contribution is 5.91. The van der Waals surface area contributed by atoms with Crippen molar-refractivity contribution in [2.75, 3.05) is 25.0 Å². The zero-order valence-corrected chi connectivity index (χ0v) is 14.8. The average Bonchev–Trinajstić information content (AvgIpc) is 3.36. The fourth-order valence-corrected chi connectivity index (χ4v) is 3.34. The Morgan fingerprint density at radius 1 is 1.08 bits per heavy atom. The number of carbonyl (C=O) groups excluding carboxylic acids is 1. The van der Waals surface area contributed by atoms with Crippen LogP contribution in [0, 0.1) is 13.8 Å². The Balaban J connectivity index is 1.59. The molecular weight excluding hydrogens is 296 g/mol. The van der Waals surface area contributed by atoms with Gasteiger partial charge in [-0.2, -0.15) is 0 Å². The molecule has 1 N–H and O–H groups in total. The summed E-state index contributed by atoms with van der Waals surface area (Å²) in [6.45, 7) is 5.66. The van der Waals surface area contributed by atoms with Crippen molar-refractivity contribution in [3.8, 4) is 0 Å². The van der Waals surface area contributed by atoms with Crippen molar-refractivity contribution in [3.05, 3.63) is 65.2 Å². The molecule has 0 aromatic heterocycles. The van der Waals surface area contributed by atoms with E-state index in [4.69, 9.17) is 0 Å². The van der Waals surface area contributed by atoms with Crippen molar-refractivity contribution < 1.29 is 4.79 Å². The first kappa shape index (κ1) is 16.6. The van der Waals surface area contributed by atoms with Gasteiger partial charge in [-0.05, 0) is 44.4 Å². The molecule has 1 aliphatic carbocycles. The molecule has 0 atom stereocenters. The summed E-state index contributed by atoms with van der Waals surface area (Å²) in [7, 11) is 2.05. The molecule has 3 nitrogen and oxygen atoms in total. The van der Waals surface area contributed by atoms with Gasteiger partial charge in [0.15, 0.2) is 0 Å². The van der Waals surface area contributed by atoms with E-state index < -0.39 is 0 Å². The number of nitrogens with zero attached hydrogens (tertiary/aromatic N) is 1. The molecule has 0 radical (unpaired) electrons. The summed E-state index contributed by atoms with van der Waals surface area (Å²) in [5, 5.41) is 3.14. The number of anilines is 1. The average molecular weight is 322 g/mol. The van der Waals surface area contributed by atoms with Crippen LogP contribution in [-0.2, 0) is 10.2 Å². The maximum absolute atomic E-state index is 12.7. The Hall–Kier alpha value is -2.29. The molecule has 2 aromatic rings. The highest BCUT2D eigenvalue weighted by Crippen LogP contribution is 2.48. The smallest absolute Gasteiger partial charge is 0.230 e. The first-order valence-electron chi connectivity index (χ1n) is 8.64. The van der Waals surface area contributed by atoms with E-state index in [1.54, 1.807) is 0 Å². The Kier molecular flexibility index (Phi) is 4.61. The summed E-state index contributed by atoms with van der Waals surface area (Å²) in [5.74, 6) is 0.175. The largest absolute Gasteiger partial charge is 0.373 e. The number of rotatable bonds is 6. The number of likely N-dealkylation sites (N-methyl/N-ethyl adjacent to an activating group) is 1. The molecule has 0 spiro atoms. The predicted molar refractivity (Wildman–Crippen MR) is 99.5 cm³/mol. The van der Waals surface area contributed by atoms with E-state index in [0.29, 0.717) is 6.54 Å². The first-order valence-corrected chi connectivity index (χ1v) is 8.64. The van der Waals surface area contributed by atoms with Crippen LogP contribution < -0.4 is 10.2 Å². The molecule has 0 heterocycles. The molecule has 24 heavy (non-hydrogen) atoms. The number of benzene rings is 2. The number of carbonyl (C=O) groups is 1. The standard InChI is InChI=1S/C21H26N2O/c1-16-13-17(2)15-18(14-16)21(9-10-21)20(24)22-11-12-23(3)19-7-5-4-6-8-19/h4-8,13-15H,9-12H2,1-3H3,(H,22,24). The molecule has 0 saturated heterocycles. The molecule has 1 aliphatic rings. The predicted octanol–water partition coefficient (Wildman–Crippen LogP) is 3.59. The minimum atomic E-state index is -0.290. The molecule has 0 unspecified atom stereocenters. The van der Waals surface area contributed by atoms with Crippen LogP contribution in [0.3, 0.4) is 0 Å². The van der Waals surface area contributed by atoms with Gasteiger partial charge in [0.25, 0.3) is 0 Å². The summed E-state index contributed by atoms with van der Waals surface area (Å²) in [5.41, 5.74) is 4.51. The number of hydrogen-bond donors (Lipinski definition) is 1. The normalized spacial score (nSPS) is 15.0. The quantitative estimate of drug-likeness (QED) is 0.881. The van der Waals surface area contributed by atoms with Crippen LogP contribution in [0.5, 0.6) is 0 Å². The molecule has 1 saturated carbocycles. The van der Waals surface area contributed by atoms with E-state index in [1.807, 2.05) is 18.2 Å². The second-order valence-corrected chi connectivity index (χ2v) is 6.97. The van der Waals surface area contributed by atoms with Crippen LogP contribution in [0.25, 0.3) is 0 Å². The number of hydrogen-bond acceptors (Lipinski definition) is 2. The Morgan fingerprint density at radius 3 is 2.29 bits per heavy atom. The number of amides is 1. The third-order valence-electron chi connectivity index (χ3n) is 4.89. The van der Waals surface area contributed by atoms with Gasteiger partial charge >= 0.3 is 0 Å². The van der Waals surface area contributed by atoms with Crippen LogP contribution in [0.4, 0.5) is 5.69 Å². The third kappa shape index (κ3) is 3.45. The van der Waals surface area contributed by atoms with E-state index in [1.165, 1.54) is 22.4 Å². The lowest BCUT2D eigenvalue weighted by atomic mass is 9.92. The second kappa shape index (κ2) is 6.68. The molecular formula is C21H26N2O. The van der Waals surface area contributed by atoms with Crippen molar-refractivity contribution in [1.29, 1.82) is 0 Å². The van der Waals surface area contributed by atoms with Crippen LogP contribution in [0.1, 0.15) is 29.5 Å². The summed E-state index contributed by atoms with van der Waals surface area (Å²) in [6, 6.07) is 16.7. The van der Waals surface area contributed by atoms with E-state index in [2.05, 4.69) is 61.4 Å². The number of para-hydroxylation sites is 1. The van der Waals surface area contributed by atoms with Gasteiger partial charge in [-0.3, -0.25) is 4.79 Å². The summed E-state index contributed by atoms with van der Waals surface area (Å²) >= 11 is 0. The van der Waals surface area contributed by atoms with E-state index in [0.717, 1.165) is 19.4 Å². The third-order valence-corrected chi connectivity index (χ3v) is 4.89. The van der Waals surface area contributed by atoms with Crippen LogP contribution in [0.2, 0.25) is 0 Å². The summed E-state index contributed by atoms with van der Waals surface area (Å²) in [4.78, 5) is 14.9. The van der Waals surface area contributed by atoms with Crippen molar-refractivity contribution in [3.63, 3.8) is 0 Å². The maximum Gasteiger partial charge on any atom is 0.230 e. The Morgan fingerprint density at radius 2 is 1.71 bits per heavy atom. The van der Waals surface area contributed by atoms with Crippen molar-refractivity contribution >= 4 is 11.6 Å². The van der Waals surface area contributed by atoms with Crippen molar-refractivity contribution in [1.82, 2.24) is 5.32 Å². The van der Waals surface area contributed by atoms with Gasteiger partial charge in [0.05, 0.1) is 5.41 Å². The molecule has 0 bridgehead atoms. The van der Waals surface area contributed by atoms with Crippen LogP contribution in [-0.4, -0.2) is 26.0 Å². The van der Waals surface area contributed by atoms with Gasteiger partial charge in [0.2, 0.25) is 5.91 Å². The highest BCUT2D eigenvalue weighted by atomic mass is 16.2. The number of nitrogens with one attached hydrogen (secondary N) is 1. The summed E-state index contributed by atoms with van der Waals surface area (Å²) in [6.07, 6.45) is 1.91. The second-order valence-electron chi connectivity index (χ2n) is 6.97. The van der Waals surface area contributed by atoms with Gasteiger partial charge in [0.1, 0.15) is 0 Å². The zero-order valence-electron chi connectivity index (χ0n) is 14.8. The lowest BCUT2D eigenvalue weighted by Crippen LogP contribution is -2.39. The fourth-order valence-electron chi connectivity index (χ4n) is 3.34. The highest BCUT2D eigenvalue weighted by Gasteiger charge is 2.51. The van der Waals surface area contributed by atoms with E-state index in [-0.39, 0.29) is 11.3 Å². The van der Waals surface area contributed by atoms with Crippen molar-refractivity contribution in [2.45, 2.75) is 32.1 Å². The van der Waals surface area contributed by atoms with Crippen LogP contribution >= 0.6 is 0 Å². The molecule has 126 valence electrons. The van der Waals surface area contributed by atoms with Gasteiger partial charge in [-0.15, -0.1) is 0 Å². The summed E-state index contributed by atoms with van der Waals surface area (Å²) < 4.78 is 0. The zero-order chi connectivity index (χ0) is 17.2. The molecule has 0 aliphatic heterocycles. The van der Waals surface area contributed by atoms with E-state index in [9.17, 15) is 4.79 Å². The molecule has 3 rings (SSSR count). The molecule has 3 heteroatoms. The minimum Gasteiger partial charge on any atom is -0.373 e. The lowest BCUT2D eigenvalue weighted by molar-refractivity contribution is -0.123. The molecule has 2 aromatic carbocycles. The van der Waals surface area contributed by atoms with Gasteiger partial charge in [-0.25, -0.2) is 0 Å². The fraction of sp³-hybridized carbons (Fsp3) is 0.381.